The zero-order valence-corrected chi connectivity index (χ0v) is 11.0. The maximum absolute atomic E-state index is 10.9. The molecule has 0 aromatic carbocycles. The number of hydrogen-bond donors (Lipinski definition) is 1. The monoisotopic (exact) mass is 269 g/mol. The Morgan fingerprint density at radius 2 is 2.22 bits per heavy atom. The zero-order valence-electron chi connectivity index (χ0n) is 10.3. The summed E-state index contributed by atoms with van der Waals surface area (Å²) in [7, 11) is 0. The van der Waals surface area contributed by atoms with Gasteiger partial charge in [0, 0.05) is 18.8 Å². The Morgan fingerprint density at radius 1 is 1.56 bits per heavy atom. The summed E-state index contributed by atoms with van der Waals surface area (Å²) < 4.78 is 0. The summed E-state index contributed by atoms with van der Waals surface area (Å²) in [5.41, 5.74) is 0.152. The summed E-state index contributed by atoms with van der Waals surface area (Å²) >= 11 is 5.72. The van der Waals surface area contributed by atoms with Crippen molar-refractivity contribution < 1.29 is 4.92 Å². The van der Waals surface area contributed by atoms with Gasteiger partial charge in [-0.1, -0.05) is 31.4 Å². The van der Waals surface area contributed by atoms with Gasteiger partial charge in [0.1, 0.15) is 0 Å². The minimum Gasteiger partial charge on any atom is -0.364 e. The summed E-state index contributed by atoms with van der Waals surface area (Å²) in [6.45, 7) is 2.91. The minimum absolute atomic E-state index is 0.0657. The Labute approximate surface area is 111 Å². The molecule has 0 spiro atoms. The van der Waals surface area contributed by atoms with Gasteiger partial charge in [-0.3, -0.25) is 10.1 Å². The van der Waals surface area contributed by atoms with Gasteiger partial charge in [-0.15, -0.1) is 0 Å². The fourth-order valence-electron chi connectivity index (χ4n) is 2.41. The lowest BCUT2D eigenvalue weighted by molar-refractivity contribution is -0.384. The molecule has 1 N–H and O–H groups in total. The van der Waals surface area contributed by atoms with Gasteiger partial charge < -0.3 is 5.32 Å². The molecular weight excluding hydrogens is 254 g/mol. The first kappa shape index (κ1) is 13.1. The lowest BCUT2D eigenvalue weighted by Crippen LogP contribution is -2.23. The molecule has 1 aliphatic carbocycles. The fourth-order valence-corrected chi connectivity index (χ4v) is 2.56. The van der Waals surface area contributed by atoms with Crippen LogP contribution in [0.2, 0.25) is 5.02 Å². The van der Waals surface area contributed by atoms with Crippen LogP contribution in [0.15, 0.2) is 12.3 Å². The van der Waals surface area contributed by atoms with Crippen LogP contribution in [0.25, 0.3) is 0 Å². The lowest BCUT2D eigenvalue weighted by Gasteiger charge is -2.23. The topological polar surface area (TPSA) is 68.1 Å². The molecule has 0 bridgehead atoms. The highest BCUT2D eigenvalue weighted by Crippen LogP contribution is 2.38. The van der Waals surface area contributed by atoms with Gasteiger partial charge in [0.25, 0.3) is 0 Å². The molecule has 0 aliphatic heterocycles. The van der Waals surface area contributed by atoms with E-state index in [0.717, 1.165) is 12.8 Å². The van der Waals surface area contributed by atoms with Gasteiger partial charge >= 0.3 is 5.69 Å². The molecule has 0 saturated heterocycles. The number of pyridine rings is 1. The largest absolute Gasteiger partial charge is 0.364 e. The number of nitrogens with one attached hydrogen (secondary N) is 1. The fraction of sp³-hybridized carbons (Fsp3) is 0.583. The van der Waals surface area contributed by atoms with Gasteiger partial charge in [-0.2, -0.15) is 0 Å². The predicted molar refractivity (Wildman–Crippen MR) is 71.0 cm³/mol. The summed E-state index contributed by atoms with van der Waals surface area (Å²) in [4.78, 5) is 14.5. The highest BCUT2D eigenvalue weighted by Gasteiger charge is 2.29. The number of nitro groups is 1. The van der Waals surface area contributed by atoms with Crippen LogP contribution in [-0.2, 0) is 0 Å². The van der Waals surface area contributed by atoms with E-state index < -0.39 is 4.92 Å². The van der Waals surface area contributed by atoms with Crippen LogP contribution < -0.4 is 5.32 Å². The Morgan fingerprint density at radius 3 is 2.83 bits per heavy atom. The van der Waals surface area contributed by atoms with E-state index in [4.69, 9.17) is 11.6 Å². The van der Waals surface area contributed by atoms with Gasteiger partial charge in [0.15, 0.2) is 0 Å². The Hall–Kier alpha value is -1.36. The highest BCUT2D eigenvalue weighted by atomic mass is 35.5. The van der Waals surface area contributed by atoms with E-state index >= 15 is 0 Å². The second kappa shape index (κ2) is 5.10. The number of halogens is 1. The number of hydrogen-bond acceptors (Lipinski definition) is 4. The highest BCUT2D eigenvalue weighted by molar-refractivity contribution is 6.30. The van der Waals surface area contributed by atoms with Crippen LogP contribution in [0.4, 0.5) is 11.5 Å². The molecule has 0 unspecified atom stereocenters. The van der Waals surface area contributed by atoms with E-state index in [-0.39, 0.29) is 16.1 Å². The molecule has 18 heavy (non-hydrogen) atoms. The van der Waals surface area contributed by atoms with Gasteiger partial charge in [0.2, 0.25) is 5.82 Å². The van der Waals surface area contributed by atoms with Crippen LogP contribution in [0, 0.1) is 15.5 Å². The van der Waals surface area contributed by atoms with E-state index in [1.807, 2.05) is 0 Å². The van der Waals surface area contributed by atoms with Gasteiger partial charge in [-0.25, -0.2) is 4.98 Å². The van der Waals surface area contributed by atoms with E-state index in [9.17, 15) is 10.1 Å². The smallest absolute Gasteiger partial charge is 0.312 e. The molecule has 98 valence electrons. The molecule has 0 radical (unpaired) electrons. The molecule has 1 heterocycles. The molecule has 1 aliphatic rings. The van der Waals surface area contributed by atoms with E-state index in [1.165, 1.54) is 25.1 Å². The van der Waals surface area contributed by atoms with Crippen LogP contribution in [0.3, 0.4) is 0 Å². The van der Waals surface area contributed by atoms with Crippen molar-refractivity contribution in [1.29, 1.82) is 0 Å². The Balaban J connectivity index is 2.11. The first-order chi connectivity index (χ1) is 8.50. The molecule has 0 atom stereocenters. The molecule has 5 nitrogen and oxygen atoms in total. The normalized spacial score (nSPS) is 17.7. The molecule has 1 aromatic rings. The van der Waals surface area contributed by atoms with E-state index in [1.54, 1.807) is 0 Å². The SMILES string of the molecule is CC1(CNc2ncc(Cl)cc2[N+](=O)[O-])CCCC1. The van der Waals surface area contributed by atoms with Crippen molar-refractivity contribution in [1.82, 2.24) is 4.98 Å². The van der Waals surface area contributed by atoms with E-state index in [2.05, 4.69) is 17.2 Å². The lowest BCUT2D eigenvalue weighted by atomic mass is 9.89. The Bertz CT molecular complexity index is 459. The van der Waals surface area contributed by atoms with Crippen molar-refractivity contribution in [3.63, 3.8) is 0 Å². The van der Waals surface area contributed by atoms with Crippen LogP contribution >= 0.6 is 11.6 Å². The van der Waals surface area contributed by atoms with Crippen LogP contribution in [0.1, 0.15) is 32.6 Å². The molecule has 1 saturated carbocycles. The molecule has 1 aromatic heterocycles. The number of rotatable bonds is 4. The quantitative estimate of drug-likeness (QED) is 0.669. The molecule has 0 amide bonds. The molecule has 6 heteroatoms. The number of aromatic nitrogens is 1. The van der Waals surface area contributed by atoms with Crippen molar-refractivity contribution in [3.05, 3.63) is 27.4 Å². The first-order valence-corrected chi connectivity index (χ1v) is 6.42. The third-order valence-corrected chi connectivity index (χ3v) is 3.73. The van der Waals surface area contributed by atoms with Gasteiger partial charge in [0.05, 0.1) is 9.95 Å². The van der Waals surface area contributed by atoms with Crippen molar-refractivity contribution in [2.75, 3.05) is 11.9 Å². The number of nitrogens with zero attached hydrogens (tertiary/aromatic N) is 2. The third kappa shape index (κ3) is 2.90. The first-order valence-electron chi connectivity index (χ1n) is 6.04. The van der Waals surface area contributed by atoms with Crippen molar-refractivity contribution in [2.24, 2.45) is 5.41 Å². The maximum atomic E-state index is 10.9. The summed E-state index contributed by atoms with van der Waals surface area (Å²) in [5, 5.41) is 14.3. The van der Waals surface area contributed by atoms with Crippen molar-refractivity contribution in [2.45, 2.75) is 32.6 Å². The van der Waals surface area contributed by atoms with Crippen LogP contribution in [-0.4, -0.2) is 16.5 Å². The summed E-state index contributed by atoms with van der Waals surface area (Å²) in [6.07, 6.45) is 6.19. The van der Waals surface area contributed by atoms with Crippen molar-refractivity contribution >= 4 is 23.1 Å². The Kier molecular flexibility index (Phi) is 3.71. The third-order valence-electron chi connectivity index (χ3n) is 3.52. The summed E-state index contributed by atoms with van der Waals surface area (Å²) in [6, 6.07) is 1.33. The molecule has 1 fully saturated rings. The second-order valence-electron chi connectivity index (χ2n) is 5.15. The average molecular weight is 270 g/mol. The molecular formula is C12H16ClN3O2. The second-order valence-corrected chi connectivity index (χ2v) is 5.59. The standard InChI is InChI=1S/C12H16ClN3O2/c1-12(4-2-3-5-12)8-15-11-10(16(17)18)6-9(13)7-14-11/h6-7H,2-5,8H2,1H3,(H,14,15). The predicted octanol–water partition coefficient (Wildman–Crippen LogP) is 3.64. The number of anilines is 1. The average Bonchev–Trinajstić information content (AvgIpc) is 2.75. The zero-order chi connectivity index (χ0) is 13.2. The maximum Gasteiger partial charge on any atom is 0.312 e. The molecule has 2 rings (SSSR count). The van der Waals surface area contributed by atoms with Crippen molar-refractivity contribution in [3.8, 4) is 0 Å². The minimum atomic E-state index is -0.460. The van der Waals surface area contributed by atoms with E-state index in [0.29, 0.717) is 12.4 Å². The van der Waals surface area contributed by atoms with Crippen LogP contribution in [0.5, 0.6) is 0 Å². The summed E-state index contributed by atoms with van der Waals surface area (Å²) in [5.74, 6) is 0.303. The van der Waals surface area contributed by atoms with Gasteiger partial charge in [-0.05, 0) is 18.3 Å².